The number of hydrogen-bond donors (Lipinski definition) is 3. The Hall–Kier alpha value is 0.642. The minimum atomic E-state index is -0.833. The third-order valence-electron chi connectivity index (χ3n) is 0.771. The maximum Gasteiger partial charge on any atom is 3.00 e. The van der Waals surface area contributed by atoms with Crippen LogP contribution in [0.5, 0.6) is 0 Å². The van der Waals surface area contributed by atoms with Crippen LogP contribution in [0.4, 0.5) is 4.79 Å². The van der Waals surface area contributed by atoms with Gasteiger partial charge in [-0.05, 0) is 0 Å². The Morgan fingerprint density at radius 2 is 0.955 bits per heavy atom. The van der Waals surface area contributed by atoms with E-state index in [0.717, 1.165) is 11.0 Å². The third-order valence-corrected chi connectivity index (χ3v) is 0.771. The second-order valence-corrected chi connectivity index (χ2v) is 3.14. The SMILES string of the molecule is C[N+](C)(C)CCO.NC(N)=O.O.O.O.O.O.O.[Al+3].[Cl-].[Cl-].[Cl-].[Cl-]. The molecule has 16 heteroatoms. The standard InChI is InChI=1S/C5H14NO.CH4N2O.Al.4ClH.6H2O/c1-6(2,3)4-5-7;2-1(3)4;;;;;;;;;;;/h7H,4-5H2,1-3H3;(H4,2,3,4);;4*1H;6*1H2/q+1;;+3;;;;;;;;;;/p-4. The summed E-state index contributed by atoms with van der Waals surface area (Å²) in [6, 6.07) is -0.833. The number of hydrogen-bond acceptors (Lipinski definition) is 2. The fourth-order valence-electron chi connectivity index (χ4n) is 0.300. The van der Waals surface area contributed by atoms with E-state index in [9.17, 15) is 0 Å². The van der Waals surface area contributed by atoms with Crippen LogP contribution < -0.4 is 61.1 Å². The van der Waals surface area contributed by atoms with E-state index in [-0.39, 0.29) is 106 Å². The summed E-state index contributed by atoms with van der Waals surface area (Å²) in [4.78, 5) is 9.00. The molecular formula is C6H30AlCl4N3O8. The fourth-order valence-corrected chi connectivity index (χ4v) is 0.300. The van der Waals surface area contributed by atoms with E-state index in [1.165, 1.54) is 0 Å². The largest absolute Gasteiger partial charge is 3.00 e. The summed E-state index contributed by atoms with van der Waals surface area (Å²) in [5.74, 6) is 0. The first kappa shape index (κ1) is 114. The Labute approximate surface area is 166 Å². The van der Waals surface area contributed by atoms with Crippen molar-refractivity contribution in [2.24, 2.45) is 11.5 Å². The van der Waals surface area contributed by atoms with E-state index in [2.05, 4.69) is 32.6 Å². The van der Waals surface area contributed by atoms with Crippen LogP contribution in [0.1, 0.15) is 0 Å². The first-order valence-electron chi connectivity index (χ1n) is 3.26. The molecule has 17 N–H and O–H groups in total. The van der Waals surface area contributed by atoms with Crippen molar-refractivity contribution in [1.29, 1.82) is 0 Å². The van der Waals surface area contributed by atoms with Crippen LogP contribution in [0.25, 0.3) is 0 Å². The van der Waals surface area contributed by atoms with Crippen molar-refractivity contribution in [2.75, 3.05) is 34.3 Å². The van der Waals surface area contributed by atoms with Gasteiger partial charge in [-0.1, -0.05) is 0 Å². The number of primary amides is 2. The van der Waals surface area contributed by atoms with Gasteiger partial charge in [-0.2, -0.15) is 0 Å². The quantitative estimate of drug-likeness (QED) is 0.278. The average molecular weight is 441 g/mol. The molecule has 0 aliphatic carbocycles. The molecule has 0 saturated carbocycles. The van der Waals surface area contributed by atoms with Gasteiger partial charge in [-0.25, -0.2) is 4.79 Å². The first-order chi connectivity index (χ1) is 4.79. The molecule has 0 rings (SSSR count). The van der Waals surface area contributed by atoms with Gasteiger partial charge in [0.1, 0.15) is 6.54 Å². The van der Waals surface area contributed by atoms with Gasteiger partial charge in [0.25, 0.3) is 0 Å². The van der Waals surface area contributed by atoms with Gasteiger partial charge in [0, 0.05) is 0 Å². The summed E-state index contributed by atoms with van der Waals surface area (Å²) >= 11 is 0. The van der Waals surface area contributed by atoms with Crippen LogP contribution in [0.15, 0.2) is 0 Å². The summed E-state index contributed by atoms with van der Waals surface area (Å²) in [5, 5.41) is 8.39. The molecule has 22 heavy (non-hydrogen) atoms. The Morgan fingerprint density at radius 3 is 0.955 bits per heavy atom. The second kappa shape index (κ2) is 68.0. The Balaban J connectivity index is -0.00000000464. The molecule has 0 heterocycles. The van der Waals surface area contributed by atoms with E-state index >= 15 is 0 Å². The summed E-state index contributed by atoms with van der Waals surface area (Å²) < 4.78 is 0.844. The molecule has 0 saturated heterocycles. The fraction of sp³-hybridized carbons (Fsp3) is 0.833. The Morgan fingerprint density at radius 1 is 0.818 bits per heavy atom. The molecule has 0 spiro atoms. The molecular weight excluding hydrogens is 411 g/mol. The summed E-state index contributed by atoms with van der Waals surface area (Å²) in [6.07, 6.45) is 0. The van der Waals surface area contributed by atoms with Gasteiger partial charge in [0.2, 0.25) is 0 Å². The number of amides is 2. The van der Waals surface area contributed by atoms with Gasteiger partial charge in [-0.3, -0.25) is 0 Å². The molecule has 0 atom stereocenters. The van der Waals surface area contributed by atoms with E-state index in [1.54, 1.807) is 0 Å². The van der Waals surface area contributed by atoms with Crippen molar-refractivity contribution in [1.82, 2.24) is 0 Å². The number of quaternary nitrogens is 1. The minimum absolute atomic E-state index is 0. The molecule has 0 aromatic heterocycles. The average Bonchev–Trinajstić information content (AvgIpc) is 1.58. The van der Waals surface area contributed by atoms with Crippen molar-refractivity contribution in [2.45, 2.75) is 0 Å². The number of rotatable bonds is 2. The molecule has 0 bridgehead atoms. The van der Waals surface area contributed by atoms with E-state index in [0.29, 0.717) is 0 Å². The molecule has 148 valence electrons. The van der Waals surface area contributed by atoms with Crippen LogP contribution in [0.3, 0.4) is 0 Å². The van der Waals surface area contributed by atoms with Crippen LogP contribution in [0.2, 0.25) is 0 Å². The van der Waals surface area contributed by atoms with Gasteiger partial charge in [0.15, 0.2) is 0 Å². The molecule has 11 nitrogen and oxygen atoms in total. The zero-order valence-electron chi connectivity index (χ0n) is 12.5. The first-order valence-corrected chi connectivity index (χ1v) is 3.26. The number of aliphatic hydroxyl groups is 1. The maximum atomic E-state index is 9.00. The zero-order valence-corrected chi connectivity index (χ0v) is 16.6. The van der Waals surface area contributed by atoms with Crippen molar-refractivity contribution in [3.05, 3.63) is 0 Å². The van der Waals surface area contributed by atoms with Gasteiger partial charge in [0.05, 0.1) is 27.7 Å². The topological polar surface area (TPSA) is 278 Å². The van der Waals surface area contributed by atoms with Crippen LogP contribution >= 0.6 is 0 Å². The normalized spacial score (nSPS) is 4.91. The van der Waals surface area contributed by atoms with Crippen molar-refractivity contribution in [3.8, 4) is 0 Å². The van der Waals surface area contributed by atoms with Crippen LogP contribution in [0, 0.1) is 0 Å². The number of carbonyl (C=O) groups is 1. The third kappa shape index (κ3) is 370. The number of carbonyl (C=O) groups excluding carboxylic acids is 1. The smallest absolute Gasteiger partial charge is 1.00 e. The summed E-state index contributed by atoms with van der Waals surface area (Å²) in [6.45, 7) is 1.11. The predicted molar refractivity (Wildman–Crippen MR) is 71.2 cm³/mol. The molecule has 0 aromatic rings. The predicted octanol–water partition coefficient (Wildman–Crippen LogP) is -18.6. The molecule has 0 radical (unpaired) electrons. The van der Waals surface area contributed by atoms with Gasteiger partial charge < -0.3 is 104 Å². The summed E-state index contributed by atoms with van der Waals surface area (Å²) in [7, 11) is 6.16. The maximum absolute atomic E-state index is 9.00. The van der Waals surface area contributed by atoms with Crippen LogP contribution in [-0.4, -0.2) is 100 Å². The second-order valence-electron chi connectivity index (χ2n) is 3.14. The van der Waals surface area contributed by atoms with Crippen molar-refractivity contribution >= 4 is 23.4 Å². The molecule has 0 aromatic carbocycles. The number of urea groups is 1. The molecule has 0 unspecified atom stereocenters. The van der Waals surface area contributed by atoms with Gasteiger partial charge in [-0.15, -0.1) is 0 Å². The molecule has 0 aliphatic heterocycles. The number of likely N-dealkylation sites (N-methyl/N-ethyl adjacent to an activating group) is 1. The Bertz CT molecular complexity index is 135. The van der Waals surface area contributed by atoms with Crippen molar-refractivity contribution in [3.63, 3.8) is 0 Å². The monoisotopic (exact) mass is 439 g/mol. The number of aliphatic hydroxyl groups excluding tert-OH is 1. The van der Waals surface area contributed by atoms with E-state index in [1.807, 2.05) is 0 Å². The van der Waals surface area contributed by atoms with Crippen LogP contribution in [-0.2, 0) is 0 Å². The molecule has 2 amide bonds. The van der Waals surface area contributed by atoms with E-state index < -0.39 is 6.03 Å². The van der Waals surface area contributed by atoms with E-state index in [4.69, 9.17) is 9.90 Å². The zero-order chi connectivity index (χ0) is 9.49. The molecule has 0 fully saturated rings. The Kier molecular flexibility index (Phi) is 353. The van der Waals surface area contributed by atoms with Crippen molar-refractivity contribution < 1.29 is 96.9 Å². The number of halogens is 4. The minimum Gasteiger partial charge on any atom is -1.00 e. The number of nitrogens with two attached hydrogens (primary N) is 2. The van der Waals surface area contributed by atoms with Gasteiger partial charge >= 0.3 is 23.4 Å². The summed E-state index contributed by atoms with van der Waals surface area (Å²) in [5.41, 5.74) is 8.50. The molecule has 0 aliphatic rings. The number of nitrogens with zero attached hydrogens (tertiary/aromatic N) is 1.